The Morgan fingerprint density at radius 2 is 1.04 bits per heavy atom. The van der Waals surface area contributed by atoms with Gasteiger partial charge in [0.1, 0.15) is 11.5 Å². The third-order valence-corrected chi connectivity index (χ3v) is 7.37. The third kappa shape index (κ3) is 6.00. The van der Waals surface area contributed by atoms with Crippen LogP contribution < -0.4 is 9.47 Å². The lowest BCUT2D eigenvalue weighted by Crippen LogP contribution is -2.09. The summed E-state index contributed by atoms with van der Waals surface area (Å²) in [4.78, 5) is 39.0. The number of ether oxygens (including phenoxy) is 2. The van der Waals surface area contributed by atoms with Crippen LogP contribution in [0.5, 0.6) is 11.5 Å². The molecule has 3 aromatic heterocycles. The van der Waals surface area contributed by atoms with Crippen molar-refractivity contribution in [2.24, 2.45) is 0 Å². The van der Waals surface area contributed by atoms with Crippen LogP contribution in [0.4, 0.5) is 0 Å². The second-order valence-corrected chi connectivity index (χ2v) is 10.6. The zero-order valence-electron chi connectivity index (χ0n) is 24.2. The number of nitrogens with one attached hydrogen (secondary N) is 2. The number of aromatic amines is 2. The molecule has 7 rings (SSSR count). The average molecular weight is 611 g/mol. The van der Waals surface area contributed by atoms with Crippen LogP contribution >= 0.6 is 0 Å². The maximum Gasteiger partial charge on any atom is 0.341 e. The van der Waals surface area contributed by atoms with Crippen molar-refractivity contribution in [3.63, 3.8) is 0 Å². The Labute approximate surface area is 262 Å². The highest BCUT2D eigenvalue weighted by Gasteiger charge is 2.14. The summed E-state index contributed by atoms with van der Waals surface area (Å²) in [6.07, 6.45) is 7.77. The quantitative estimate of drug-likeness (QED) is 0.145. The van der Waals surface area contributed by atoms with E-state index >= 15 is 0 Å². The number of hydrogen-bond acceptors (Lipinski definition) is 6. The zero-order valence-corrected chi connectivity index (χ0v) is 24.2. The Balaban J connectivity index is 1.44. The van der Waals surface area contributed by atoms with E-state index in [2.05, 4.69) is 9.97 Å². The number of benzene rings is 2. The Kier molecular flexibility index (Phi) is 7.35. The van der Waals surface area contributed by atoms with Crippen molar-refractivity contribution in [1.29, 1.82) is 0 Å². The number of H-pyrrole nitrogens is 2. The molecule has 0 aliphatic carbocycles. The summed E-state index contributed by atoms with van der Waals surface area (Å²) in [5.74, 6) is -1.22. The molecular formula is C36H26N4O6. The maximum absolute atomic E-state index is 11.1. The van der Waals surface area contributed by atoms with Crippen molar-refractivity contribution in [2.75, 3.05) is 13.2 Å². The predicted octanol–water partition coefficient (Wildman–Crippen LogP) is 6.92. The number of carboxylic acids is 2. The van der Waals surface area contributed by atoms with E-state index in [4.69, 9.17) is 29.7 Å². The lowest BCUT2D eigenvalue weighted by Gasteiger charge is -2.08. The van der Waals surface area contributed by atoms with E-state index in [1.807, 2.05) is 85.0 Å². The molecule has 2 aliphatic rings. The minimum absolute atomic E-state index is 0.440. The van der Waals surface area contributed by atoms with Crippen molar-refractivity contribution in [3.8, 4) is 33.8 Å². The molecule has 0 spiro atoms. The van der Waals surface area contributed by atoms with E-state index in [1.54, 1.807) is 24.3 Å². The lowest BCUT2D eigenvalue weighted by molar-refractivity contribution is -0.140. The van der Waals surface area contributed by atoms with Crippen LogP contribution in [0.15, 0.2) is 84.9 Å². The van der Waals surface area contributed by atoms with Crippen LogP contribution in [0.25, 0.3) is 68.6 Å². The summed E-state index contributed by atoms with van der Waals surface area (Å²) in [6, 6.07) is 26.4. The normalized spacial score (nSPS) is 11.8. The summed E-state index contributed by atoms with van der Waals surface area (Å²) >= 11 is 0. The van der Waals surface area contributed by atoms with Gasteiger partial charge in [-0.2, -0.15) is 0 Å². The molecule has 10 heteroatoms. The molecule has 0 saturated carbocycles. The number of aromatic nitrogens is 4. The molecule has 2 aliphatic heterocycles. The predicted molar refractivity (Wildman–Crippen MR) is 176 cm³/mol. The van der Waals surface area contributed by atoms with E-state index in [0.29, 0.717) is 11.5 Å². The van der Waals surface area contributed by atoms with E-state index in [-0.39, 0.29) is 0 Å². The highest BCUT2D eigenvalue weighted by Crippen LogP contribution is 2.34. The number of carboxylic acid groups (broad SMARTS) is 2. The molecule has 8 bridgehead atoms. The van der Waals surface area contributed by atoms with Gasteiger partial charge >= 0.3 is 11.9 Å². The van der Waals surface area contributed by atoms with Crippen molar-refractivity contribution < 1.29 is 29.3 Å². The minimum atomic E-state index is -1.05. The largest absolute Gasteiger partial charge is 0.482 e. The van der Waals surface area contributed by atoms with Crippen LogP contribution in [-0.2, 0) is 9.59 Å². The number of nitrogens with zero attached hydrogens (tertiary/aromatic N) is 2. The highest BCUT2D eigenvalue weighted by atomic mass is 16.5. The molecule has 0 saturated heterocycles. The smallest absolute Gasteiger partial charge is 0.341 e. The SMILES string of the molecule is O=C(O)COc1cccc(-c2c3nc(cc4ccc([nH]4)c(-c4cccc(OCC(=O)O)c4)c4nc(cc5ccc2[nH]5)C=C4)C=C3)c1. The first-order valence-corrected chi connectivity index (χ1v) is 14.4. The summed E-state index contributed by atoms with van der Waals surface area (Å²) < 4.78 is 10.9. The van der Waals surface area contributed by atoms with Gasteiger partial charge in [-0.05, 0) is 96.1 Å². The molecule has 46 heavy (non-hydrogen) atoms. The van der Waals surface area contributed by atoms with Gasteiger partial charge in [0.15, 0.2) is 13.2 Å². The number of fused-ring (bicyclic) bond motifs is 8. The summed E-state index contributed by atoms with van der Waals surface area (Å²) in [6.45, 7) is -0.881. The first kappa shape index (κ1) is 28.4. The molecule has 5 heterocycles. The molecule has 0 fully saturated rings. The monoisotopic (exact) mass is 610 g/mol. The topological polar surface area (TPSA) is 150 Å². The first-order valence-electron chi connectivity index (χ1n) is 14.4. The molecule has 226 valence electrons. The Morgan fingerprint density at radius 1 is 0.587 bits per heavy atom. The highest BCUT2D eigenvalue weighted by molar-refractivity contribution is 5.93. The second kappa shape index (κ2) is 11.9. The van der Waals surface area contributed by atoms with Crippen LogP contribution in [0.2, 0.25) is 0 Å². The van der Waals surface area contributed by atoms with E-state index in [0.717, 1.165) is 67.1 Å². The molecule has 0 radical (unpaired) electrons. The van der Waals surface area contributed by atoms with Gasteiger partial charge in [-0.15, -0.1) is 0 Å². The Morgan fingerprint density at radius 3 is 1.48 bits per heavy atom. The first-order chi connectivity index (χ1) is 22.4. The molecule has 0 atom stereocenters. The van der Waals surface area contributed by atoms with Gasteiger partial charge in [0.25, 0.3) is 0 Å². The van der Waals surface area contributed by atoms with Crippen molar-refractivity contribution in [3.05, 3.63) is 108 Å². The Hall–Kier alpha value is -6.42. The summed E-state index contributed by atoms with van der Waals surface area (Å²) in [5, 5.41) is 18.2. The molecule has 4 N–H and O–H groups in total. The Bertz CT molecular complexity index is 2090. The van der Waals surface area contributed by atoms with Gasteiger partial charge in [0.2, 0.25) is 0 Å². The van der Waals surface area contributed by atoms with Crippen molar-refractivity contribution >= 4 is 58.3 Å². The number of aliphatic carboxylic acids is 2. The van der Waals surface area contributed by atoms with Gasteiger partial charge < -0.3 is 29.7 Å². The fourth-order valence-corrected chi connectivity index (χ4v) is 5.45. The fourth-order valence-electron chi connectivity index (χ4n) is 5.45. The van der Waals surface area contributed by atoms with Gasteiger partial charge in [-0.3, -0.25) is 0 Å². The van der Waals surface area contributed by atoms with E-state index < -0.39 is 25.2 Å². The van der Waals surface area contributed by atoms with Crippen molar-refractivity contribution in [2.45, 2.75) is 0 Å². The summed E-state index contributed by atoms with van der Waals surface area (Å²) in [5.41, 5.74) is 9.51. The maximum atomic E-state index is 11.1. The van der Waals surface area contributed by atoms with Crippen LogP contribution in [-0.4, -0.2) is 55.3 Å². The third-order valence-electron chi connectivity index (χ3n) is 7.37. The summed E-state index contributed by atoms with van der Waals surface area (Å²) in [7, 11) is 0. The minimum Gasteiger partial charge on any atom is -0.482 e. The second-order valence-electron chi connectivity index (χ2n) is 10.6. The molecule has 0 amide bonds. The molecular weight excluding hydrogens is 584 g/mol. The number of hydrogen-bond donors (Lipinski definition) is 4. The molecule has 5 aromatic rings. The van der Waals surface area contributed by atoms with Gasteiger partial charge in [0.05, 0.1) is 22.8 Å². The number of carbonyl (C=O) groups is 2. The van der Waals surface area contributed by atoms with Gasteiger partial charge in [-0.25, -0.2) is 19.6 Å². The zero-order chi connectivity index (χ0) is 31.6. The van der Waals surface area contributed by atoms with Crippen LogP contribution in [0.1, 0.15) is 22.8 Å². The molecule has 10 nitrogen and oxygen atoms in total. The lowest BCUT2D eigenvalue weighted by atomic mass is 10.0. The fraction of sp³-hybridized carbons (Fsp3) is 0.0556. The van der Waals surface area contributed by atoms with E-state index in [9.17, 15) is 9.59 Å². The molecule has 2 aromatic carbocycles. The average Bonchev–Trinajstić information content (AvgIpc) is 3.87. The van der Waals surface area contributed by atoms with E-state index in [1.165, 1.54) is 0 Å². The standard InChI is InChI=1S/C36H26N4O6/c41-33(42)19-45-27-5-1-3-21(15-27)35-29-11-7-23(37-29)17-25-9-13-31(39-25)36(22-4-2-6-28(16-22)46-20-34(43)44)32-14-10-26(40-32)18-24-8-12-30(35)38-24/h1-18,37,40H,19-20H2,(H,41,42)(H,43,44). The van der Waals surface area contributed by atoms with Gasteiger partial charge in [-0.1, -0.05) is 24.3 Å². The van der Waals surface area contributed by atoms with Crippen molar-refractivity contribution in [1.82, 2.24) is 19.9 Å². The van der Waals surface area contributed by atoms with Crippen LogP contribution in [0.3, 0.4) is 0 Å². The van der Waals surface area contributed by atoms with Crippen LogP contribution in [0, 0.1) is 0 Å². The molecule has 0 unspecified atom stereocenters. The number of rotatable bonds is 8. The van der Waals surface area contributed by atoms with Gasteiger partial charge in [0, 0.05) is 33.2 Å².